The molecule has 2 aromatic rings. The van der Waals surface area contributed by atoms with Gasteiger partial charge in [-0.15, -0.1) is 0 Å². The maximum absolute atomic E-state index is 12.7. The van der Waals surface area contributed by atoms with E-state index < -0.39 is 11.0 Å². The predicted octanol–water partition coefficient (Wildman–Crippen LogP) is 5.32. The number of carbonyl (C=O) groups excluding carboxylic acids is 1. The molecule has 0 saturated carbocycles. The molecule has 3 rings (SSSR count). The molecule has 1 aromatic heterocycles. The van der Waals surface area contributed by atoms with Crippen molar-refractivity contribution in [1.29, 1.82) is 5.26 Å². The Morgan fingerprint density at radius 2 is 1.90 bits per heavy atom. The highest BCUT2D eigenvalue weighted by molar-refractivity contribution is 14.1. The van der Waals surface area contributed by atoms with Crippen molar-refractivity contribution in [2.45, 2.75) is 52.2 Å². The Kier molecular flexibility index (Phi) is 6.27. The Morgan fingerprint density at radius 3 is 2.47 bits per heavy atom. The van der Waals surface area contributed by atoms with Crippen LogP contribution in [0.1, 0.15) is 52.1 Å². The van der Waals surface area contributed by atoms with Gasteiger partial charge in [0.1, 0.15) is 5.60 Å². The van der Waals surface area contributed by atoms with Gasteiger partial charge in [0.05, 0.1) is 40.4 Å². The van der Waals surface area contributed by atoms with E-state index in [1.54, 1.807) is 17.2 Å². The van der Waals surface area contributed by atoms with Gasteiger partial charge in [-0.1, -0.05) is 24.3 Å². The summed E-state index contributed by atoms with van der Waals surface area (Å²) in [5.74, 6) is 0. The summed E-state index contributed by atoms with van der Waals surface area (Å²) in [5, 5.41) is 9.31. The molecule has 1 aromatic carbocycles. The minimum Gasteiger partial charge on any atom is -0.443 e. The molecule has 1 fully saturated rings. The van der Waals surface area contributed by atoms with Crippen molar-refractivity contribution >= 4 is 29.0 Å². The lowest BCUT2D eigenvalue weighted by molar-refractivity contribution is -0.0607. The Hall–Kier alpha value is -2.34. The number of halogens is 1. The van der Waals surface area contributed by atoms with E-state index in [4.69, 9.17) is 4.74 Å². The van der Waals surface area contributed by atoms with Crippen molar-refractivity contribution < 1.29 is 9.53 Å². The second-order valence-electron chi connectivity index (χ2n) is 8.80. The van der Waals surface area contributed by atoms with E-state index >= 15 is 0 Å². The Bertz CT molecular complexity index is 1040. The number of benzene rings is 1. The molecule has 7 heteroatoms. The highest BCUT2D eigenvalue weighted by Gasteiger charge is 2.42. The molecule has 30 heavy (non-hydrogen) atoms. The van der Waals surface area contributed by atoms with Gasteiger partial charge in [0.2, 0.25) is 0 Å². The minimum atomic E-state index is -0.630. The van der Waals surface area contributed by atoms with Crippen LogP contribution in [0.5, 0.6) is 0 Å². The van der Waals surface area contributed by atoms with Crippen molar-refractivity contribution in [3.63, 3.8) is 0 Å². The maximum Gasteiger partial charge on any atom is 0.410 e. The summed E-state index contributed by atoms with van der Waals surface area (Å²) in [4.78, 5) is 26.3. The lowest BCUT2D eigenvalue weighted by atomic mass is 9.80. The van der Waals surface area contributed by atoms with E-state index in [9.17, 15) is 14.9 Å². The van der Waals surface area contributed by atoms with Gasteiger partial charge in [0, 0.05) is 31.6 Å². The van der Waals surface area contributed by atoms with Crippen LogP contribution in [0.15, 0.2) is 47.4 Å². The van der Waals surface area contributed by atoms with Gasteiger partial charge in [-0.3, -0.25) is 7.58 Å². The molecule has 158 valence electrons. The summed E-state index contributed by atoms with van der Waals surface area (Å²) in [6.07, 6.45) is 2.58. The van der Waals surface area contributed by atoms with E-state index in [-0.39, 0.29) is 17.7 Å². The van der Waals surface area contributed by atoms with Crippen molar-refractivity contribution in [1.82, 2.24) is 7.68 Å². The second kappa shape index (κ2) is 8.42. The number of hydrogen-bond acceptors (Lipinski definition) is 4. The van der Waals surface area contributed by atoms with Gasteiger partial charge in [-0.05, 0) is 50.5 Å². The zero-order valence-corrected chi connectivity index (χ0v) is 19.8. The van der Waals surface area contributed by atoms with E-state index in [2.05, 4.69) is 6.07 Å². The monoisotopic (exact) mass is 519 g/mol. The maximum atomic E-state index is 12.7. The molecule has 0 radical (unpaired) electrons. The first-order valence-corrected chi connectivity index (χ1v) is 10.9. The number of nitriles is 1. The van der Waals surface area contributed by atoms with Crippen LogP contribution in [-0.2, 0) is 4.74 Å². The van der Waals surface area contributed by atoms with Crippen LogP contribution in [0, 0.1) is 16.7 Å². The number of hydrogen-bond donors (Lipinski definition) is 0. The third kappa shape index (κ3) is 4.86. The van der Waals surface area contributed by atoms with Crippen LogP contribution in [0.4, 0.5) is 4.79 Å². The molecule has 2 heterocycles. The highest BCUT2D eigenvalue weighted by Crippen LogP contribution is 2.37. The number of rotatable bonds is 5. The number of amides is 1. The fourth-order valence-corrected chi connectivity index (χ4v) is 4.29. The number of nitrogens with zero attached hydrogens (tertiary/aromatic N) is 3. The number of cyclic esters (lactones) is 1. The van der Waals surface area contributed by atoms with Crippen molar-refractivity contribution in [3.8, 4) is 17.2 Å². The second-order valence-corrected chi connectivity index (χ2v) is 9.84. The molecule has 0 N–H and O–H groups in total. The first-order chi connectivity index (χ1) is 14.0. The number of pyridine rings is 1. The predicted molar refractivity (Wildman–Crippen MR) is 124 cm³/mol. The van der Waals surface area contributed by atoms with Gasteiger partial charge in [-0.25, -0.2) is 4.79 Å². The molecule has 1 saturated heterocycles. The normalized spacial score (nSPS) is 20.4. The Morgan fingerprint density at radius 1 is 1.23 bits per heavy atom. The Balaban J connectivity index is 1.72. The van der Waals surface area contributed by atoms with Gasteiger partial charge in [-0.2, -0.15) is 5.26 Å². The number of aromatic nitrogens is 1. The highest BCUT2D eigenvalue weighted by atomic mass is 127. The molecule has 0 bridgehead atoms. The zero-order chi connectivity index (χ0) is 22.1. The first-order valence-electron chi connectivity index (χ1n) is 9.94. The van der Waals surface area contributed by atoms with Crippen LogP contribution < -0.4 is 5.56 Å². The Labute approximate surface area is 190 Å². The molecule has 1 aliphatic heterocycles. The average Bonchev–Trinajstić information content (AvgIpc) is 2.69. The third-order valence-corrected chi connectivity index (χ3v) is 6.43. The molecule has 0 spiro atoms. The van der Waals surface area contributed by atoms with Gasteiger partial charge >= 0.3 is 6.09 Å². The molecule has 6 nitrogen and oxygen atoms in total. The average molecular weight is 519 g/mol. The summed E-state index contributed by atoms with van der Waals surface area (Å²) in [7, 11) is 0. The molecular weight excluding hydrogens is 493 g/mol. The minimum absolute atomic E-state index is 0.0655. The van der Waals surface area contributed by atoms with E-state index in [0.717, 1.165) is 16.7 Å². The standard InChI is InChI=1S/C23H26IN3O3/c1-16(26-12-10-23(4,30-21(26)29)14-22(2,3)15-25)17-5-7-18(8-6-17)19-9-11-27(24)20(28)13-19/h5-9,11,13,16H,10,12,14H2,1-4H3/t16-,23-/m0/s1. The van der Waals surface area contributed by atoms with E-state index in [0.29, 0.717) is 19.4 Å². The summed E-state index contributed by atoms with van der Waals surface area (Å²) in [6, 6.07) is 13.6. The van der Waals surface area contributed by atoms with Crippen molar-refractivity contribution in [3.05, 3.63) is 58.5 Å². The lowest BCUT2D eigenvalue weighted by Gasteiger charge is -2.43. The summed E-state index contributed by atoms with van der Waals surface area (Å²) < 4.78 is 7.29. The van der Waals surface area contributed by atoms with Crippen molar-refractivity contribution in [2.75, 3.05) is 6.54 Å². The molecule has 2 atom stereocenters. The summed E-state index contributed by atoms with van der Waals surface area (Å²) in [5.41, 5.74) is 1.57. The summed E-state index contributed by atoms with van der Waals surface area (Å²) >= 11 is 1.95. The fraction of sp³-hybridized carbons (Fsp3) is 0.435. The summed E-state index contributed by atoms with van der Waals surface area (Å²) in [6.45, 7) is 8.20. The van der Waals surface area contributed by atoms with Crippen molar-refractivity contribution in [2.24, 2.45) is 5.41 Å². The van der Waals surface area contributed by atoms with Gasteiger partial charge in [0.25, 0.3) is 5.56 Å². The number of ether oxygens (including phenoxy) is 1. The topological polar surface area (TPSA) is 75.3 Å². The SMILES string of the molecule is C[C@@H](c1ccc(-c2ccn(I)c(=O)c2)cc1)N1CC[C@@](C)(CC(C)(C)C#N)OC1=O. The fourth-order valence-electron chi connectivity index (χ4n) is 3.99. The quantitative estimate of drug-likeness (QED) is 0.502. The smallest absolute Gasteiger partial charge is 0.410 e. The van der Waals surface area contributed by atoms with Gasteiger partial charge in [0.15, 0.2) is 0 Å². The van der Waals surface area contributed by atoms with Gasteiger partial charge < -0.3 is 9.64 Å². The molecule has 1 aliphatic rings. The largest absolute Gasteiger partial charge is 0.443 e. The molecular formula is C23H26IN3O3. The van der Waals surface area contributed by atoms with Crippen LogP contribution in [0.3, 0.4) is 0 Å². The molecule has 0 aliphatic carbocycles. The first kappa shape index (κ1) is 22.3. The van der Waals surface area contributed by atoms with Crippen LogP contribution in [0.25, 0.3) is 11.1 Å². The molecule has 1 amide bonds. The van der Waals surface area contributed by atoms with E-state index in [1.165, 1.54) is 2.78 Å². The third-order valence-electron chi connectivity index (χ3n) is 5.64. The van der Waals surface area contributed by atoms with Crippen LogP contribution in [0.2, 0.25) is 0 Å². The van der Waals surface area contributed by atoms with Crippen LogP contribution >= 0.6 is 22.9 Å². The number of carbonyl (C=O) groups is 1. The van der Waals surface area contributed by atoms with Crippen LogP contribution in [-0.4, -0.2) is 25.9 Å². The molecule has 0 unspecified atom stereocenters. The lowest BCUT2D eigenvalue weighted by Crippen LogP contribution is -2.50. The zero-order valence-electron chi connectivity index (χ0n) is 17.7. The van der Waals surface area contributed by atoms with E-state index in [1.807, 2.05) is 80.9 Å².